The van der Waals surface area contributed by atoms with Crippen LogP contribution in [-0.4, -0.2) is 18.0 Å². The van der Waals surface area contributed by atoms with Gasteiger partial charge in [0.05, 0.1) is 5.41 Å². The van der Waals surface area contributed by atoms with Crippen molar-refractivity contribution in [2.45, 2.75) is 38.0 Å². The molecule has 100 valence electrons. The molecule has 1 aliphatic rings. The lowest BCUT2D eigenvalue weighted by Gasteiger charge is -2.32. The molecule has 0 aromatic heterocycles. The van der Waals surface area contributed by atoms with Crippen molar-refractivity contribution in [3.05, 3.63) is 29.8 Å². The highest BCUT2D eigenvalue weighted by Crippen LogP contribution is 2.37. The zero-order valence-electron chi connectivity index (χ0n) is 10.9. The monoisotopic (exact) mass is 259 g/mol. The Morgan fingerprint density at radius 3 is 2.58 bits per heavy atom. The summed E-state index contributed by atoms with van der Waals surface area (Å²) in [6, 6.07) is 7.32. The van der Waals surface area contributed by atoms with Crippen LogP contribution in [0.3, 0.4) is 0 Å². The van der Waals surface area contributed by atoms with Crippen molar-refractivity contribution in [1.82, 2.24) is 0 Å². The molecule has 1 aromatic carbocycles. The van der Waals surface area contributed by atoms with Gasteiger partial charge in [0.2, 0.25) is 5.91 Å². The molecule has 1 saturated carbocycles. The third-order valence-electron chi connectivity index (χ3n) is 3.68. The third kappa shape index (κ3) is 2.89. The molecule has 19 heavy (non-hydrogen) atoms. The second-order valence-electron chi connectivity index (χ2n) is 5.07. The highest BCUT2D eigenvalue weighted by Gasteiger charge is 2.36. The van der Waals surface area contributed by atoms with Crippen LogP contribution in [0.25, 0.3) is 0 Å². The Morgan fingerprint density at radius 2 is 2.00 bits per heavy atom. The molecule has 0 unspecified atom stereocenters. The number of carbonyl (C=O) groups is 3. The van der Waals surface area contributed by atoms with Gasteiger partial charge in [-0.3, -0.25) is 9.59 Å². The third-order valence-corrected chi connectivity index (χ3v) is 3.68. The van der Waals surface area contributed by atoms with Gasteiger partial charge in [-0.05, 0) is 30.5 Å². The average molecular weight is 259 g/mol. The van der Waals surface area contributed by atoms with Crippen molar-refractivity contribution in [1.29, 1.82) is 0 Å². The summed E-state index contributed by atoms with van der Waals surface area (Å²) in [5.41, 5.74) is 0.979. The summed E-state index contributed by atoms with van der Waals surface area (Å²) in [7, 11) is 0. The summed E-state index contributed by atoms with van der Waals surface area (Å²) in [4.78, 5) is 33.9. The van der Waals surface area contributed by atoms with E-state index in [1.807, 2.05) is 18.2 Å². The Balaban J connectivity index is 2.30. The van der Waals surface area contributed by atoms with Crippen molar-refractivity contribution in [2.75, 3.05) is 5.32 Å². The lowest BCUT2D eigenvalue weighted by molar-refractivity contribution is -0.123. The van der Waals surface area contributed by atoms with E-state index in [9.17, 15) is 14.4 Å². The maximum Gasteiger partial charge on any atom is 0.221 e. The van der Waals surface area contributed by atoms with Crippen LogP contribution in [0.4, 0.5) is 5.69 Å². The Bertz CT molecular complexity index is 512. The predicted octanol–water partition coefficient (Wildman–Crippen LogP) is 2.22. The Morgan fingerprint density at radius 1 is 1.32 bits per heavy atom. The molecule has 0 heterocycles. The highest BCUT2D eigenvalue weighted by molar-refractivity contribution is 5.89. The molecule has 0 aliphatic heterocycles. The number of ketones is 1. The van der Waals surface area contributed by atoms with Gasteiger partial charge >= 0.3 is 0 Å². The number of hydrogen-bond acceptors (Lipinski definition) is 3. The fraction of sp³-hybridized carbons (Fsp3) is 0.400. The van der Waals surface area contributed by atoms with E-state index >= 15 is 0 Å². The van der Waals surface area contributed by atoms with Gasteiger partial charge in [0.1, 0.15) is 12.1 Å². The van der Waals surface area contributed by atoms with Gasteiger partial charge in [-0.1, -0.05) is 12.1 Å². The molecule has 1 aromatic rings. The van der Waals surface area contributed by atoms with Gasteiger partial charge in [-0.15, -0.1) is 0 Å². The van der Waals surface area contributed by atoms with E-state index in [-0.39, 0.29) is 11.7 Å². The van der Waals surface area contributed by atoms with Crippen LogP contribution in [0.2, 0.25) is 0 Å². The van der Waals surface area contributed by atoms with Gasteiger partial charge in [-0.25, -0.2) is 0 Å². The SMILES string of the molecule is CC(=O)Nc1cccc(C2(C=O)CCC(=O)CC2)c1. The lowest BCUT2D eigenvalue weighted by atomic mass is 9.70. The number of amides is 1. The minimum atomic E-state index is -0.581. The minimum Gasteiger partial charge on any atom is -0.326 e. The predicted molar refractivity (Wildman–Crippen MR) is 72.0 cm³/mol. The van der Waals surface area contributed by atoms with Crippen molar-refractivity contribution in [2.24, 2.45) is 0 Å². The quantitative estimate of drug-likeness (QED) is 0.847. The average Bonchev–Trinajstić information content (AvgIpc) is 2.40. The highest BCUT2D eigenvalue weighted by atomic mass is 16.1. The lowest BCUT2D eigenvalue weighted by Crippen LogP contribution is -2.33. The van der Waals surface area contributed by atoms with Gasteiger partial charge < -0.3 is 10.1 Å². The minimum absolute atomic E-state index is 0.142. The van der Waals surface area contributed by atoms with Crippen molar-refractivity contribution >= 4 is 23.7 Å². The van der Waals surface area contributed by atoms with Crippen LogP contribution in [0, 0.1) is 0 Å². The standard InChI is InChI=1S/C15H17NO3/c1-11(18)16-13-4-2-3-12(9-13)15(10-17)7-5-14(19)6-8-15/h2-4,9-10H,5-8H2,1H3,(H,16,18). The summed E-state index contributed by atoms with van der Waals surface area (Å²) in [6.45, 7) is 1.45. The summed E-state index contributed by atoms with van der Waals surface area (Å²) in [5, 5.41) is 2.71. The van der Waals surface area contributed by atoms with Crippen LogP contribution < -0.4 is 5.32 Å². The Hall–Kier alpha value is -1.97. The molecular formula is C15H17NO3. The van der Waals surface area contributed by atoms with Crippen LogP contribution in [-0.2, 0) is 19.8 Å². The molecule has 2 rings (SSSR count). The first-order valence-electron chi connectivity index (χ1n) is 6.42. The fourth-order valence-electron chi connectivity index (χ4n) is 2.56. The first-order valence-corrected chi connectivity index (χ1v) is 6.42. The van der Waals surface area contributed by atoms with Gasteiger partial charge in [0.25, 0.3) is 0 Å². The molecule has 4 heteroatoms. The first-order chi connectivity index (χ1) is 9.05. The van der Waals surface area contributed by atoms with E-state index < -0.39 is 5.41 Å². The number of aldehydes is 1. The van der Waals surface area contributed by atoms with Crippen molar-refractivity contribution in [3.63, 3.8) is 0 Å². The van der Waals surface area contributed by atoms with E-state index in [4.69, 9.17) is 0 Å². The molecule has 1 fully saturated rings. The van der Waals surface area contributed by atoms with Crippen molar-refractivity contribution < 1.29 is 14.4 Å². The summed E-state index contributed by atoms with van der Waals surface area (Å²) < 4.78 is 0. The molecule has 0 atom stereocenters. The normalized spacial score (nSPS) is 17.8. The second-order valence-corrected chi connectivity index (χ2v) is 5.07. The molecule has 0 bridgehead atoms. The van der Waals surface area contributed by atoms with E-state index in [1.165, 1.54) is 6.92 Å². The Labute approximate surface area is 112 Å². The number of nitrogens with one attached hydrogen (secondary N) is 1. The van der Waals surface area contributed by atoms with E-state index in [1.54, 1.807) is 6.07 Å². The molecule has 1 aliphatic carbocycles. The van der Waals surface area contributed by atoms with E-state index in [0.717, 1.165) is 11.8 Å². The maximum absolute atomic E-state index is 11.5. The van der Waals surface area contributed by atoms with Crippen molar-refractivity contribution in [3.8, 4) is 0 Å². The van der Waals surface area contributed by atoms with Gasteiger partial charge in [-0.2, -0.15) is 0 Å². The largest absolute Gasteiger partial charge is 0.326 e. The topological polar surface area (TPSA) is 63.2 Å². The van der Waals surface area contributed by atoms with E-state index in [2.05, 4.69) is 5.32 Å². The van der Waals surface area contributed by atoms with Gasteiger partial charge in [0.15, 0.2) is 0 Å². The van der Waals surface area contributed by atoms with Gasteiger partial charge in [0, 0.05) is 25.5 Å². The maximum atomic E-state index is 11.5. The summed E-state index contributed by atoms with van der Waals surface area (Å²) in [5.74, 6) is 0.0756. The molecular weight excluding hydrogens is 242 g/mol. The van der Waals surface area contributed by atoms with Crippen LogP contribution in [0.1, 0.15) is 38.2 Å². The number of benzene rings is 1. The molecule has 0 saturated heterocycles. The summed E-state index contributed by atoms with van der Waals surface area (Å²) >= 11 is 0. The smallest absolute Gasteiger partial charge is 0.221 e. The number of Topliss-reactive ketones (excluding diaryl/α,β-unsaturated/α-hetero) is 1. The van der Waals surface area contributed by atoms with Crippen LogP contribution >= 0.6 is 0 Å². The summed E-state index contributed by atoms with van der Waals surface area (Å²) in [6.07, 6.45) is 2.95. The first kappa shape index (κ1) is 13.5. The molecule has 4 nitrogen and oxygen atoms in total. The number of hydrogen-bond donors (Lipinski definition) is 1. The number of anilines is 1. The Kier molecular flexibility index (Phi) is 3.79. The zero-order valence-corrected chi connectivity index (χ0v) is 10.9. The molecule has 0 spiro atoms. The number of carbonyl (C=O) groups excluding carboxylic acids is 3. The molecule has 1 amide bonds. The second kappa shape index (κ2) is 5.34. The molecule has 1 N–H and O–H groups in total. The molecule has 0 radical (unpaired) electrons. The van der Waals surface area contributed by atoms with E-state index in [0.29, 0.717) is 31.4 Å². The fourth-order valence-corrected chi connectivity index (χ4v) is 2.56. The van der Waals surface area contributed by atoms with Crippen LogP contribution in [0.5, 0.6) is 0 Å². The van der Waals surface area contributed by atoms with Crippen LogP contribution in [0.15, 0.2) is 24.3 Å². The number of rotatable bonds is 3. The zero-order chi connectivity index (χ0) is 13.9.